The maximum absolute atomic E-state index is 14.0. The van der Waals surface area contributed by atoms with E-state index < -0.39 is 5.15 Å². The van der Waals surface area contributed by atoms with E-state index in [4.69, 9.17) is 0 Å². The topological polar surface area (TPSA) is 17.1 Å². The number of hydrogen-bond donors (Lipinski definition) is 0. The van der Waals surface area contributed by atoms with E-state index in [1.807, 2.05) is 49.4 Å². The molecule has 0 N–H and O–H groups in total. The van der Waals surface area contributed by atoms with Crippen molar-refractivity contribution in [1.82, 2.24) is 0 Å². The predicted octanol–water partition coefficient (Wildman–Crippen LogP) is 7.56. The number of Topliss-reactive ketones (excluding diaryl/α,β-unsaturated/α-hetero) is 1. The Morgan fingerprint density at radius 1 is 1.10 bits per heavy atom. The number of hydrogen-bond acceptors (Lipinski definition) is 1. The molecule has 0 amide bonds. The molecule has 5 heteroatoms. The molecule has 0 aliphatic heterocycles. The Morgan fingerprint density at radius 3 is 2.26 bits per heavy atom. The van der Waals surface area contributed by atoms with Gasteiger partial charge in [-0.1, -0.05) is 98.7 Å². The van der Waals surface area contributed by atoms with Crippen LogP contribution in [-0.4, -0.2) is 5.78 Å². The number of allylic oxidation sites excluding steroid dienone is 5. The number of halogens is 2. The number of carbonyl (C=O) groups excluding carboxylic acids is 1. The molecule has 0 heterocycles. The van der Waals surface area contributed by atoms with Crippen molar-refractivity contribution in [3.63, 3.8) is 0 Å². The molecule has 0 aliphatic carbocycles. The second-order valence-corrected chi connectivity index (χ2v) is 10.1. The monoisotopic (exact) mass is 458 g/mol. The summed E-state index contributed by atoms with van der Waals surface area (Å²) >= 11 is 0. The summed E-state index contributed by atoms with van der Waals surface area (Å²) in [6.07, 6.45) is 5.29. The molecular formula is C26H30F2OP2. The van der Waals surface area contributed by atoms with Crippen LogP contribution >= 0.6 is 18.5 Å². The van der Waals surface area contributed by atoms with Crippen molar-refractivity contribution < 1.29 is 13.6 Å². The van der Waals surface area contributed by atoms with Crippen LogP contribution in [0.25, 0.3) is 5.57 Å². The largest absolute Gasteiger partial charge is 0.299 e. The summed E-state index contributed by atoms with van der Waals surface area (Å²) in [5, 5.41) is -1.52. The summed E-state index contributed by atoms with van der Waals surface area (Å²) in [6, 6.07) is 16.6. The maximum atomic E-state index is 14.0. The minimum atomic E-state index is -1.52. The number of aryl methyl sites for hydroxylation is 1. The maximum Gasteiger partial charge on any atom is 0.160 e. The molecule has 0 aromatic heterocycles. The summed E-state index contributed by atoms with van der Waals surface area (Å²) in [7, 11) is 4.31. The quantitative estimate of drug-likeness (QED) is 0.265. The summed E-state index contributed by atoms with van der Waals surface area (Å²) in [4.78, 5) is 12.6. The van der Waals surface area contributed by atoms with Gasteiger partial charge >= 0.3 is 0 Å². The molecule has 2 unspecified atom stereocenters. The van der Waals surface area contributed by atoms with Crippen LogP contribution < -0.4 is 0 Å². The van der Waals surface area contributed by atoms with Crippen LogP contribution in [0.3, 0.4) is 0 Å². The average Bonchev–Trinajstić information content (AvgIpc) is 2.73. The molecule has 2 aromatic carbocycles. The highest BCUT2D eigenvalue weighted by Gasteiger charge is 2.18. The summed E-state index contributed by atoms with van der Waals surface area (Å²) in [5.41, 5.74) is 3.57. The van der Waals surface area contributed by atoms with Crippen molar-refractivity contribution >= 4 is 29.8 Å². The zero-order chi connectivity index (χ0) is 23.0. The molecule has 2 rings (SSSR count). The van der Waals surface area contributed by atoms with Gasteiger partial charge < -0.3 is 0 Å². The zero-order valence-corrected chi connectivity index (χ0v) is 20.4. The van der Waals surface area contributed by atoms with Crippen molar-refractivity contribution in [2.75, 3.05) is 0 Å². The van der Waals surface area contributed by atoms with Gasteiger partial charge in [-0.15, -0.1) is 0 Å². The Labute approximate surface area is 189 Å². The first-order chi connectivity index (χ1) is 14.6. The van der Waals surface area contributed by atoms with Crippen molar-refractivity contribution in [2.45, 2.75) is 38.3 Å². The highest BCUT2D eigenvalue weighted by Crippen LogP contribution is 2.39. The van der Waals surface area contributed by atoms with E-state index in [1.165, 1.54) is 6.92 Å². The van der Waals surface area contributed by atoms with Gasteiger partial charge in [-0.25, -0.2) is 8.78 Å². The standard InChI is InChI=1S/C26H30F2OP2/c1-18(12-17-24(20(3)27)22-9-5-4-6-10-22)19(2)25(29)11-7-8-21-13-15-23(16-14-21)26(28,30)31/h4-6,9-10,12-17,19H,1,7-8,11,30-31H2,2-3H3/b17-12-,24-20-/t19-/m1/s1. The lowest BCUT2D eigenvalue weighted by Gasteiger charge is -2.14. The SMILES string of the molecule is C=C(/C=C\C(=C(/C)F)c1ccccc1)[C@@H](C)C(=O)CCCc1ccc(C(F)(P)P)cc1. The number of rotatable bonds is 10. The summed E-state index contributed by atoms with van der Waals surface area (Å²) in [5.74, 6) is -0.517. The molecule has 164 valence electrons. The fourth-order valence-corrected chi connectivity index (χ4v) is 3.56. The highest BCUT2D eigenvalue weighted by molar-refractivity contribution is 7.38. The molecule has 0 saturated heterocycles. The van der Waals surface area contributed by atoms with Crippen molar-refractivity contribution in [3.8, 4) is 0 Å². The predicted molar refractivity (Wildman–Crippen MR) is 134 cm³/mol. The van der Waals surface area contributed by atoms with Crippen LogP contribution in [0.15, 0.2) is 84.7 Å². The van der Waals surface area contributed by atoms with Crippen LogP contribution in [0.5, 0.6) is 0 Å². The van der Waals surface area contributed by atoms with Crippen LogP contribution in [-0.2, 0) is 16.4 Å². The Balaban J connectivity index is 1.90. The molecule has 0 aliphatic rings. The highest BCUT2D eigenvalue weighted by atomic mass is 31.1. The van der Waals surface area contributed by atoms with Gasteiger partial charge in [0.2, 0.25) is 0 Å². The van der Waals surface area contributed by atoms with Crippen LogP contribution in [0, 0.1) is 5.92 Å². The molecule has 0 radical (unpaired) electrons. The summed E-state index contributed by atoms with van der Waals surface area (Å²) < 4.78 is 27.9. The van der Waals surface area contributed by atoms with Gasteiger partial charge in [-0.3, -0.25) is 4.79 Å². The lowest BCUT2D eigenvalue weighted by molar-refractivity contribution is -0.121. The first-order valence-electron chi connectivity index (χ1n) is 10.3. The normalized spacial score (nSPS) is 13.7. The second-order valence-electron chi connectivity index (χ2n) is 7.73. The Kier molecular flexibility index (Phi) is 9.48. The van der Waals surface area contributed by atoms with E-state index >= 15 is 0 Å². The Hall–Kier alpha value is -1.95. The first kappa shape index (κ1) is 25.3. The minimum Gasteiger partial charge on any atom is -0.299 e. The number of benzene rings is 2. The molecule has 0 fully saturated rings. The molecule has 2 aromatic rings. The van der Waals surface area contributed by atoms with E-state index in [0.29, 0.717) is 29.6 Å². The summed E-state index contributed by atoms with van der Waals surface area (Å²) in [6.45, 7) is 7.26. The molecule has 0 bridgehead atoms. The molecule has 1 nitrogen and oxygen atoms in total. The van der Waals surface area contributed by atoms with E-state index in [0.717, 1.165) is 17.5 Å². The van der Waals surface area contributed by atoms with Gasteiger partial charge in [0.05, 0.1) is 0 Å². The molecule has 0 saturated carbocycles. The van der Waals surface area contributed by atoms with Gasteiger partial charge in [-0.2, -0.15) is 0 Å². The third kappa shape index (κ3) is 7.91. The van der Waals surface area contributed by atoms with Crippen LogP contribution in [0.2, 0.25) is 0 Å². The second kappa shape index (κ2) is 11.6. The van der Waals surface area contributed by atoms with Crippen LogP contribution in [0.4, 0.5) is 8.78 Å². The Bertz CT molecular complexity index is 951. The van der Waals surface area contributed by atoms with Crippen molar-refractivity contribution in [2.24, 2.45) is 5.92 Å². The van der Waals surface area contributed by atoms with E-state index in [2.05, 4.69) is 25.1 Å². The first-order valence-corrected chi connectivity index (χ1v) is 11.4. The molecule has 31 heavy (non-hydrogen) atoms. The molecule has 0 spiro atoms. The third-order valence-electron chi connectivity index (χ3n) is 5.24. The van der Waals surface area contributed by atoms with Gasteiger partial charge in [0.1, 0.15) is 11.6 Å². The third-order valence-corrected chi connectivity index (χ3v) is 5.91. The molecular weight excluding hydrogens is 428 g/mol. The van der Waals surface area contributed by atoms with Crippen LogP contribution in [0.1, 0.15) is 43.4 Å². The van der Waals surface area contributed by atoms with Crippen molar-refractivity contribution in [3.05, 3.63) is 101 Å². The number of ketones is 1. The van der Waals surface area contributed by atoms with E-state index in [9.17, 15) is 13.6 Å². The lowest BCUT2D eigenvalue weighted by Crippen LogP contribution is -2.12. The van der Waals surface area contributed by atoms with E-state index in [1.54, 1.807) is 24.3 Å². The van der Waals surface area contributed by atoms with E-state index in [-0.39, 0.29) is 17.5 Å². The minimum absolute atomic E-state index is 0.103. The fourth-order valence-electron chi connectivity index (χ4n) is 3.18. The Morgan fingerprint density at radius 2 is 1.71 bits per heavy atom. The smallest absolute Gasteiger partial charge is 0.160 e. The van der Waals surface area contributed by atoms with Gasteiger partial charge in [0.25, 0.3) is 0 Å². The van der Waals surface area contributed by atoms with Crippen molar-refractivity contribution in [1.29, 1.82) is 0 Å². The number of alkyl halides is 1. The fraction of sp³-hybridized carbons (Fsp3) is 0.269. The number of carbonyl (C=O) groups is 1. The van der Waals surface area contributed by atoms with Gasteiger partial charge in [0.15, 0.2) is 5.15 Å². The average molecular weight is 458 g/mol. The molecule has 3 atom stereocenters. The lowest BCUT2D eigenvalue weighted by atomic mass is 9.92. The van der Waals surface area contributed by atoms with Gasteiger partial charge in [0, 0.05) is 17.9 Å². The zero-order valence-electron chi connectivity index (χ0n) is 18.1. The van der Waals surface area contributed by atoms with Gasteiger partial charge in [-0.05, 0) is 42.0 Å².